The van der Waals surface area contributed by atoms with Gasteiger partial charge in [-0.2, -0.15) is 0 Å². The SMILES string of the molecule is CC(=O)/C=C(/C)O.CC(C)c1cc(-c2nccc3c2oc2c[c]([Ge]([CH3])([CH3])[CH3])ccc23)[c-]c2ccccc12.[Ir]. The third-order valence-electron chi connectivity index (χ3n) is 6.35. The van der Waals surface area contributed by atoms with Crippen molar-refractivity contribution in [1.29, 1.82) is 0 Å². The molecule has 5 aromatic rings. The maximum absolute atomic E-state index is 10.0. The van der Waals surface area contributed by atoms with Crippen LogP contribution in [0.2, 0.25) is 17.3 Å². The van der Waals surface area contributed by atoms with E-state index in [1.54, 1.807) is 0 Å². The maximum atomic E-state index is 10.0. The Morgan fingerprint density at radius 2 is 1.71 bits per heavy atom. The minimum absolute atomic E-state index is 0. The number of carbonyl (C=O) groups excluding carboxylic acids is 1. The molecule has 0 saturated carbocycles. The first-order chi connectivity index (χ1) is 17.5. The van der Waals surface area contributed by atoms with Crippen LogP contribution < -0.4 is 4.40 Å². The van der Waals surface area contributed by atoms with Crippen molar-refractivity contribution in [3.63, 3.8) is 0 Å². The van der Waals surface area contributed by atoms with Gasteiger partial charge in [-0.1, -0.05) is 0 Å². The fourth-order valence-corrected chi connectivity index (χ4v) is 6.93. The van der Waals surface area contributed by atoms with E-state index in [4.69, 9.17) is 14.5 Å². The van der Waals surface area contributed by atoms with E-state index in [1.807, 2.05) is 6.20 Å². The van der Waals surface area contributed by atoms with Gasteiger partial charge >= 0.3 is 180 Å². The molecule has 0 spiro atoms. The van der Waals surface area contributed by atoms with Gasteiger partial charge in [0.05, 0.1) is 5.76 Å². The van der Waals surface area contributed by atoms with Gasteiger partial charge in [0.15, 0.2) is 5.78 Å². The van der Waals surface area contributed by atoms with Crippen LogP contribution in [0, 0.1) is 6.07 Å². The molecular weight excluding hydrogens is 711 g/mol. The van der Waals surface area contributed by atoms with Crippen LogP contribution >= 0.6 is 0 Å². The van der Waals surface area contributed by atoms with Crippen LogP contribution in [0.3, 0.4) is 0 Å². The van der Waals surface area contributed by atoms with Crippen LogP contribution in [-0.4, -0.2) is 29.1 Å². The molecule has 3 aromatic carbocycles. The minimum atomic E-state index is -1.93. The Morgan fingerprint density at radius 1 is 1.00 bits per heavy atom. The van der Waals surface area contributed by atoms with Crippen LogP contribution in [0.15, 0.2) is 77.0 Å². The molecule has 6 heteroatoms. The van der Waals surface area contributed by atoms with Crippen LogP contribution in [0.5, 0.6) is 0 Å². The first-order valence-electron chi connectivity index (χ1n) is 12.6. The minimum Gasteiger partial charge on any atom is 0 e. The number of furan rings is 1. The number of aromatic nitrogens is 1. The molecule has 0 atom stereocenters. The third kappa shape index (κ3) is 6.45. The Bertz CT molecular complexity index is 1640. The number of ketones is 1. The van der Waals surface area contributed by atoms with Gasteiger partial charge in [0.2, 0.25) is 0 Å². The summed E-state index contributed by atoms with van der Waals surface area (Å²) in [5, 5.41) is 13.0. The number of benzene rings is 3. The number of pyridine rings is 1. The molecule has 38 heavy (non-hydrogen) atoms. The largest absolute Gasteiger partial charge is 0 e. The Balaban J connectivity index is 0.000000444. The predicted molar refractivity (Wildman–Crippen MR) is 157 cm³/mol. The van der Waals surface area contributed by atoms with Gasteiger partial charge < -0.3 is 5.11 Å². The van der Waals surface area contributed by atoms with Crippen molar-refractivity contribution in [3.8, 4) is 11.3 Å². The van der Waals surface area contributed by atoms with Gasteiger partial charge in [-0.3, -0.25) is 4.79 Å². The monoisotopic (exact) mass is 747 g/mol. The van der Waals surface area contributed by atoms with E-state index < -0.39 is 13.3 Å². The first kappa shape index (κ1) is 29.8. The van der Waals surface area contributed by atoms with Crippen molar-refractivity contribution in [2.75, 3.05) is 0 Å². The van der Waals surface area contributed by atoms with Crippen molar-refractivity contribution in [3.05, 3.63) is 84.3 Å². The Kier molecular flexibility index (Phi) is 9.40. The molecule has 5 rings (SSSR count). The number of allylic oxidation sites excluding steroid dienone is 2. The number of fused-ring (bicyclic) bond motifs is 4. The normalized spacial score (nSPS) is 11.9. The zero-order valence-corrected chi connectivity index (χ0v) is 27.5. The molecule has 0 unspecified atom stereocenters. The number of carbonyl (C=O) groups is 1. The number of hydrogen-bond acceptors (Lipinski definition) is 4. The molecule has 0 aliphatic heterocycles. The quantitative estimate of drug-likeness (QED) is 0.0871. The van der Waals surface area contributed by atoms with E-state index in [1.165, 1.54) is 35.3 Å². The molecule has 4 nitrogen and oxygen atoms in total. The topological polar surface area (TPSA) is 63.3 Å². The zero-order chi connectivity index (χ0) is 26.9. The van der Waals surface area contributed by atoms with Gasteiger partial charge in [0.1, 0.15) is 0 Å². The van der Waals surface area contributed by atoms with Crippen LogP contribution in [0.25, 0.3) is 44.0 Å². The molecule has 1 N–H and O–H groups in total. The van der Waals surface area contributed by atoms with E-state index in [0.717, 1.165) is 38.6 Å². The summed E-state index contributed by atoms with van der Waals surface area (Å²) in [5.74, 6) is 7.59. The van der Waals surface area contributed by atoms with E-state index in [0.29, 0.717) is 5.92 Å². The van der Waals surface area contributed by atoms with Gasteiger partial charge in [0.25, 0.3) is 0 Å². The molecular formula is C32H34GeIrNO3-. The second-order valence-electron chi connectivity index (χ2n) is 10.8. The van der Waals surface area contributed by atoms with E-state index in [-0.39, 0.29) is 31.6 Å². The van der Waals surface area contributed by atoms with E-state index >= 15 is 0 Å². The fraction of sp³-hybridized carbons (Fsp3) is 0.250. The van der Waals surface area contributed by atoms with Crippen molar-refractivity contribution in [2.24, 2.45) is 0 Å². The summed E-state index contributed by atoms with van der Waals surface area (Å²) in [4.78, 5) is 14.8. The molecule has 0 aliphatic rings. The smallest absolute Gasteiger partial charge is 0 e. The van der Waals surface area contributed by atoms with Crippen molar-refractivity contribution < 1.29 is 34.4 Å². The molecule has 2 aromatic heterocycles. The van der Waals surface area contributed by atoms with E-state index in [2.05, 4.69) is 91.8 Å². The number of aliphatic hydroxyl groups is 1. The standard InChI is InChI=1S/C27H26GeNO.C5H8O2.Ir/c1-17(2)24-15-19(14-18-8-6-7-9-21(18)24)26-27-23(12-13-29-26)22-11-10-20(28(3,4)5)16-25(22)30-27;1-4(6)3-5(2)7;/h6-13,15-17H,1-5H3;3,6H,1-2H3;/q-1;;/b;4-3-;. The molecule has 199 valence electrons. The second kappa shape index (κ2) is 12.0. The van der Waals surface area contributed by atoms with Crippen LogP contribution in [-0.2, 0) is 24.9 Å². The summed E-state index contributed by atoms with van der Waals surface area (Å²) < 4.78 is 7.89. The van der Waals surface area contributed by atoms with Crippen molar-refractivity contribution in [2.45, 2.75) is 50.9 Å². The van der Waals surface area contributed by atoms with E-state index in [9.17, 15) is 4.79 Å². The zero-order valence-electron chi connectivity index (χ0n) is 23.0. The molecule has 1 radical (unpaired) electrons. The second-order valence-corrected chi connectivity index (χ2v) is 21.5. The Hall–Kier alpha value is -2.73. The van der Waals surface area contributed by atoms with Gasteiger partial charge in [-0.15, -0.1) is 0 Å². The number of hydrogen-bond donors (Lipinski definition) is 1. The average molecular weight is 745 g/mol. The van der Waals surface area contributed by atoms with Crippen molar-refractivity contribution in [1.82, 2.24) is 4.98 Å². The van der Waals surface area contributed by atoms with Crippen LogP contribution in [0.4, 0.5) is 0 Å². The molecule has 0 bridgehead atoms. The van der Waals surface area contributed by atoms with Crippen molar-refractivity contribution >= 4 is 56.2 Å². The molecule has 2 heterocycles. The summed E-state index contributed by atoms with van der Waals surface area (Å²) in [6.07, 6.45) is 3.06. The molecule has 0 amide bonds. The predicted octanol–water partition coefficient (Wildman–Crippen LogP) is 8.30. The average Bonchev–Trinajstić information content (AvgIpc) is 3.20. The summed E-state index contributed by atoms with van der Waals surface area (Å²) in [5.41, 5.74) is 5.00. The van der Waals surface area contributed by atoms with Gasteiger partial charge in [-0.25, -0.2) is 0 Å². The third-order valence-corrected chi connectivity index (χ3v) is 10.6. The molecule has 0 fully saturated rings. The first-order valence-corrected chi connectivity index (χ1v) is 19.9. The summed E-state index contributed by atoms with van der Waals surface area (Å²) in [6.45, 7) is 7.32. The van der Waals surface area contributed by atoms with Gasteiger partial charge in [-0.05, 0) is 13.8 Å². The number of nitrogens with zero attached hydrogens (tertiary/aromatic N) is 1. The summed E-state index contributed by atoms with van der Waals surface area (Å²) in [6, 6.07) is 23.1. The summed E-state index contributed by atoms with van der Waals surface area (Å²) in [7, 11) is 0. The summed E-state index contributed by atoms with van der Waals surface area (Å²) >= 11 is -1.93. The fourth-order valence-electron chi connectivity index (χ4n) is 4.52. The maximum Gasteiger partial charge on any atom is 0 e. The number of rotatable bonds is 4. The Morgan fingerprint density at radius 3 is 2.32 bits per heavy atom. The van der Waals surface area contributed by atoms with Gasteiger partial charge in [0, 0.05) is 26.2 Å². The van der Waals surface area contributed by atoms with Crippen LogP contribution in [0.1, 0.15) is 39.2 Å². The number of aliphatic hydroxyl groups excluding tert-OH is 1. The molecule has 0 saturated heterocycles. The molecule has 0 aliphatic carbocycles. The Labute approximate surface area is 240 Å².